The lowest BCUT2D eigenvalue weighted by molar-refractivity contribution is 0.758. The molecule has 3 nitrogen and oxygen atoms in total. The molecule has 2 aromatic heterocycles. The minimum atomic E-state index is -0.00164. The van der Waals surface area contributed by atoms with Gasteiger partial charge in [-0.3, -0.25) is 9.78 Å². The quantitative estimate of drug-likeness (QED) is 0.722. The highest BCUT2D eigenvalue weighted by atomic mass is 35.5. The molecular formula is C18H17ClN2O. The molecule has 1 aromatic carbocycles. The van der Waals surface area contributed by atoms with Gasteiger partial charge in [-0.2, -0.15) is 0 Å². The third-order valence-electron chi connectivity index (χ3n) is 3.87. The van der Waals surface area contributed by atoms with Crippen molar-refractivity contribution in [3.05, 3.63) is 63.7 Å². The second kappa shape index (κ2) is 5.93. The lowest BCUT2D eigenvalue weighted by Crippen LogP contribution is -2.19. The molecule has 0 spiro atoms. The van der Waals surface area contributed by atoms with Crippen molar-refractivity contribution >= 4 is 22.5 Å². The molecule has 3 aromatic rings. The number of hydrogen-bond acceptors (Lipinski definition) is 2. The second-order valence-electron chi connectivity index (χ2n) is 5.20. The molecule has 4 heteroatoms. The summed E-state index contributed by atoms with van der Waals surface area (Å²) >= 11 is 6.09. The number of hydrogen-bond donors (Lipinski definition) is 0. The maximum atomic E-state index is 12.5. The summed E-state index contributed by atoms with van der Waals surface area (Å²) in [4.78, 5) is 16.9. The summed E-state index contributed by atoms with van der Waals surface area (Å²) in [5.41, 5.74) is 3.72. The Labute approximate surface area is 134 Å². The predicted molar refractivity (Wildman–Crippen MR) is 91.5 cm³/mol. The van der Waals surface area contributed by atoms with Gasteiger partial charge in [-0.15, -0.1) is 0 Å². The second-order valence-corrected chi connectivity index (χ2v) is 5.63. The maximum Gasteiger partial charge on any atom is 0.251 e. The van der Waals surface area contributed by atoms with Crippen LogP contribution in [-0.2, 0) is 13.0 Å². The van der Waals surface area contributed by atoms with E-state index >= 15 is 0 Å². The molecule has 0 aliphatic rings. The van der Waals surface area contributed by atoms with Crippen molar-refractivity contribution in [1.82, 2.24) is 9.55 Å². The number of aromatic nitrogens is 2. The first-order valence-corrected chi connectivity index (χ1v) is 7.80. The van der Waals surface area contributed by atoms with E-state index in [-0.39, 0.29) is 5.56 Å². The molecule has 0 unspecified atom stereocenters. The van der Waals surface area contributed by atoms with Crippen molar-refractivity contribution in [3.8, 4) is 11.1 Å². The van der Waals surface area contributed by atoms with Crippen molar-refractivity contribution in [1.29, 1.82) is 0 Å². The molecule has 22 heavy (non-hydrogen) atoms. The smallest absolute Gasteiger partial charge is 0.251 e. The molecule has 2 heterocycles. The van der Waals surface area contributed by atoms with Crippen molar-refractivity contribution in [2.75, 3.05) is 0 Å². The number of pyridine rings is 2. The number of fused-ring (bicyclic) bond motifs is 1. The van der Waals surface area contributed by atoms with E-state index in [0.29, 0.717) is 11.6 Å². The van der Waals surface area contributed by atoms with Gasteiger partial charge in [-0.05, 0) is 42.7 Å². The minimum absolute atomic E-state index is 0.00164. The summed E-state index contributed by atoms with van der Waals surface area (Å²) in [6, 6.07) is 11.2. The van der Waals surface area contributed by atoms with E-state index in [1.807, 2.05) is 43.5 Å². The van der Waals surface area contributed by atoms with Gasteiger partial charge in [0.2, 0.25) is 0 Å². The molecule has 0 amide bonds. The van der Waals surface area contributed by atoms with E-state index in [9.17, 15) is 4.79 Å². The van der Waals surface area contributed by atoms with Crippen LogP contribution >= 0.6 is 11.6 Å². The van der Waals surface area contributed by atoms with E-state index in [0.717, 1.165) is 34.1 Å². The van der Waals surface area contributed by atoms with E-state index in [1.54, 1.807) is 10.6 Å². The van der Waals surface area contributed by atoms with E-state index in [4.69, 9.17) is 11.6 Å². The van der Waals surface area contributed by atoms with Gasteiger partial charge in [-0.25, -0.2) is 0 Å². The Morgan fingerprint density at radius 1 is 1.18 bits per heavy atom. The highest BCUT2D eigenvalue weighted by Gasteiger charge is 2.11. The van der Waals surface area contributed by atoms with Gasteiger partial charge in [0.05, 0.1) is 5.52 Å². The average molecular weight is 313 g/mol. The fraction of sp³-hybridized carbons (Fsp3) is 0.222. The molecule has 0 radical (unpaired) electrons. The van der Waals surface area contributed by atoms with Crippen LogP contribution in [0.2, 0.25) is 5.02 Å². The molecule has 0 N–H and O–H groups in total. The number of nitrogens with zero attached hydrogens (tertiary/aromatic N) is 2. The van der Waals surface area contributed by atoms with E-state index in [2.05, 4.69) is 11.9 Å². The summed E-state index contributed by atoms with van der Waals surface area (Å²) in [5.74, 6) is 0. The third kappa shape index (κ3) is 2.53. The first-order valence-electron chi connectivity index (χ1n) is 7.42. The molecule has 0 aliphatic heterocycles. The molecular weight excluding hydrogens is 296 g/mol. The van der Waals surface area contributed by atoms with Crippen molar-refractivity contribution < 1.29 is 0 Å². The molecule has 0 saturated heterocycles. The Kier molecular flexibility index (Phi) is 3.99. The van der Waals surface area contributed by atoms with E-state index in [1.165, 1.54) is 0 Å². The van der Waals surface area contributed by atoms with Gasteiger partial charge in [0.25, 0.3) is 5.56 Å². The van der Waals surface area contributed by atoms with Crippen LogP contribution in [0.15, 0.2) is 47.4 Å². The van der Waals surface area contributed by atoms with Gasteiger partial charge in [0.1, 0.15) is 0 Å². The number of rotatable bonds is 3. The zero-order valence-corrected chi connectivity index (χ0v) is 13.4. The van der Waals surface area contributed by atoms with Gasteiger partial charge in [-0.1, -0.05) is 30.7 Å². The van der Waals surface area contributed by atoms with Crippen LogP contribution in [0.5, 0.6) is 0 Å². The molecule has 0 atom stereocenters. The van der Waals surface area contributed by atoms with Crippen LogP contribution in [0.25, 0.3) is 22.0 Å². The molecule has 3 rings (SSSR count). The van der Waals surface area contributed by atoms with Gasteiger partial charge in [0, 0.05) is 34.9 Å². The largest absolute Gasteiger partial charge is 0.308 e. The lowest BCUT2D eigenvalue weighted by Gasteiger charge is -2.13. The maximum absolute atomic E-state index is 12.5. The van der Waals surface area contributed by atoms with Gasteiger partial charge in [0.15, 0.2) is 0 Å². The summed E-state index contributed by atoms with van der Waals surface area (Å²) in [5, 5.41) is 1.63. The van der Waals surface area contributed by atoms with Gasteiger partial charge < -0.3 is 4.57 Å². The summed E-state index contributed by atoms with van der Waals surface area (Å²) in [6.07, 6.45) is 2.70. The van der Waals surface area contributed by atoms with Crippen molar-refractivity contribution in [3.63, 3.8) is 0 Å². The Morgan fingerprint density at radius 2 is 2.00 bits per heavy atom. The Bertz CT molecular complexity index is 899. The van der Waals surface area contributed by atoms with Crippen LogP contribution < -0.4 is 5.56 Å². The van der Waals surface area contributed by atoms with Crippen LogP contribution in [0.1, 0.15) is 19.5 Å². The Hall–Kier alpha value is -2.13. The van der Waals surface area contributed by atoms with Gasteiger partial charge >= 0.3 is 0 Å². The molecule has 0 bridgehead atoms. The molecule has 0 saturated carbocycles. The predicted octanol–water partition coefficient (Wildman–Crippen LogP) is 4.30. The number of aryl methyl sites for hydroxylation is 2. The monoisotopic (exact) mass is 312 g/mol. The van der Waals surface area contributed by atoms with Crippen molar-refractivity contribution in [2.24, 2.45) is 0 Å². The third-order valence-corrected chi connectivity index (χ3v) is 4.10. The van der Waals surface area contributed by atoms with Crippen LogP contribution in [0.4, 0.5) is 0 Å². The first-order chi connectivity index (χ1) is 10.6. The topological polar surface area (TPSA) is 34.9 Å². The number of benzene rings is 1. The SMILES string of the molecule is CCc1cc2c(cn1)c(-c1cccc(Cl)c1)cc(=O)n2CC. The highest BCUT2D eigenvalue weighted by Crippen LogP contribution is 2.28. The Balaban J connectivity index is 2.39. The Morgan fingerprint density at radius 3 is 2.68 bits per heavy atom. The first kappa shape index (κ1) is 14.8. The minimum Gasteiger partial charge on any atom is -0.308 e. The fourth-order valence-corrected chi connectivity index (χ4v) is 2.92. The van der Waals surface area contributed by atoms with Crippen LogP contribution in [0.3, 0.4) is 0 Å². The van der Waals surface area contributed by atoms with Crippen molar-refractivity contribution in [2.45, 2.75) is 26.8 Å². The zero-order valence-electron chi connectivity index (χ0n) is 12.6. The van der Waals surface area contributed by atoms with E-state index < -0.39 is 0 Å². The highest BCUT2D eigenvalue weighted by molar-refractivity contribution is 6.30. The molecule has 0 fully saturated rings. The standard InChI is InChI=1S/C18H17ClN2O/c1-3-14-9-17-16(11-20-14)15(10-18(22)21(17)4-2)12-6-5-7-13(19)8-12/h5-11H,3-4H2,1-2H3. The zero-order chi connectivity index (χ0) is 15.7. The molecule has 112 valence electrons. The summed E-state index contributed by atoms with van der Waals surface area (Å²) in [7, 11) is 0. The van der Waals surface area contributed by atoms with Crippen LogP contribution in [-0.4, -0.2) is 9.55 Å². The molecule has 0 aliphatic carbocycles. The normalized spacial score (nSPS) is 11.0. The summed E-state index contributed by atoms with van der Waals surface area (Å²) < 4.78 is 1.78. The van der Waals surface area contributed by atoms with Crippen LogP contribution in [0, 0.1) is 0 Å². The fourth-order valence-electron chi connectivity index (χ4n) is 2.73. The average Bonchev–Trinajstić information content (AvgIpc) is 2.53. The summed E-state index contributed by atoms with van der Waals surface area (Å²) in [6.45, 7) is 4.67. The number of halogens is 1. The lowest BCUT2D eigenvalue weighted by atomic mass is 10.0.